The average molecular weight is 470 g/mol. The number of ketones is 1. The highest BCUT2D eigenvalue weighted by molar-refractivity contribution is 6.30. The van der Waals surface area contributed by atoms with Crippen molar-refractivity contribution in [3.8, 4) is 5.75 Å². The van der Waals surface area contributed by atoms with Crippen LogP contribution in [0.3, 0.4) is 0 Å². The monoisotopic (exact) mass is 469 g/mol. The van der Waals surface area contributed by atoms with Crippen molar-refractivity contribution in [2.45, 2.75) is 24.9 Å². The van der Waals surface area contributed by atoms with Crippen LogP contribution in [0.25, 0.3) is 0 Å². The van der Waals surface area contributed by atoms with E-state index in [1.807, 2.05) is 4.90 Å². The zero-order valence-corrected chi connectivity index (χ0v) is 18.4. The van der Waals surface area contributed by atoms with Crippen LogP contribution in [0.15, 0.2) is 42.5 Å². The number of rotatable bonds is 5. The van der Waals surface area contributed by atoms with Gasteiger partial charge in [-0.05, 0) is 49.7 Å². The molecule has 4 atom stereocenters. The number of ether oxygens (including phenoxy) is 1. The number of hydrogen-bond donors (Lipinski definition) is 0. The second kappa shape index (κ2) is 7.93. The summed E-state index contributed by atoms with van der Waals surface area (Å²) in [4.78, 5) is 54.3. The van der Waals surface area contributed by atoms with Gasteiger partial charge in [0.15, 0.2) is 5.78 Å². The highest BCUT2D eigenvalue weighted by Crippen LogP contribution is 2.49. The van der Waals surface area contributed by atoms with Crippen LogP contribution in [-0.4, -0.2) is 53.2 Å². The molecule has 9 nitrogen and oxygen atoms in total. The summed E-state index contributed by atoms with van der Waals surface area (Å²) in [6.07, 6.45) is 1.55. The van der Waals surface area contributed by atoms with Crippen LogP contribution in [0.2, 0.25) is 5.02 Å². The van der Waals surface area contributed by atoms with Gasteiger partial charge in [-0.3, -0.25) is 29.4 Å². The summed E-state index contributed by atoms with van der Waals surface area (Å²) in [5.41, 5.74) is 0.365. The Balaban J connectivity index is 1.55. The van der Waals surface area contributed by atoms with Gasteiger partial charge < -0.3 is 4.74 Å². The van der Waals surface area contributed by atoms with Crippen molar-refractivity contribution < 1.29 is 24.0 Å². The van der Waals surface area contributed by atoms with E-state index in [2.05, 4.69) is 0 Å². The summed E-state index contributed by atoms with van der Waals surface area (Å²) < 4.78 is 5.27. The maximum absolute atomic E-state index is 13.6. The lowest BCUT2D eigenvalue weighted by atomic mass is 9.85. The smallest absolute Gasteiger partial charge is 0.273 e. The Morgan fingerprint density at radius 2 is 1.82 bits per heavy atom. The minimum atomic E-state index is -0.828. The number of halogens is 1. The van der Waals surface area contributed by atoms with Crippen LogP contribution in [0.5, 0.6) is 5.75 Å². The molecule has 170 valence electrons. The van der Waals surface area contributed by atoms with Crippen molar-refractivity contribution in [3.63, 3.8) is 0 Å². The first-order valence-corrected chi connectivity index (χ1v) is 11.0. The Morgan fingerprint density at radius 1 is 1.12 bits per heavy atom. The highest BCUT2D eigenvalue weighted by atomic mass is 35.5. The van der Waals surface area contributed by atoms with Crippen molar-refractivity contribution in [3.05, 3.63) is 63.2 Å². The Kier molecular flexibility index (Phi) is 5.18. The minimum absolute atomic E-state index is 0.0507. The molecule has 33 heavy (non-hydrogen) atoms. The van der Waals surface area contributed by atoms with Crippen LogP contribution < -0.4 is 9.64 Å². The number of carbonyl (C=O) groups excluding carboxylic acids is 3. The zero-order chi connectivity index (χ0) is 23.4. The third-order valence-corrected chi connectivity index (χ3v) is 7.12. The van der Waals surface area contributed by atoms with Crippen LogP contribution in [0.4, 0.5) is 11.4 Å². The number of amides is 2. The van der Waals surface area contributed by atoms with Gasteiger partial charge in [0.05, 0.1) is 41.7 Å². The molecule has 2 aromatic rings. The number of Topliss-reactive ketones (excluding diaryl/α,β-unsaturated/α-hetero) is 1. The number of imide groups is 1. The summed E-state index contributed by atoms with van der Waals surface area (Å²) in [5, 5.41) is 11.6. The van der Waals surface area contributed by atoms with E-state index in [1.54, 1.807) is 24.3 Å². The maximum Gasteiger partial charge on any atom is 0.273 e. The number of hydrogen-bond acceptors (Lipinski definition) is 7. The zero-order valence-electron chi connectivity index (χ0n) is 17.6. The fourth-order valence-corrected chi connectivity index (χ4v) is 5.63. The Bertz CT molecular complexity index is 1180. The lowest BCUT2D eigenvalue weighted by Crippen LogP contribution is -2.46. The molecule has 3 aliphatic rings. The third-order valence-electron chi connectivity index (χ3n) is 6.86. The fraction of sp³-hybridized carbons (Fsp3) is 0.348. The first kappa shape index (κ1) is 21.5. The Labute approximate surface area is 194 Å². The van der Waals surface area contributed by atoms with Crippen molar-refractivity contribution in [2.75, 3.05) is 18.6 Å². The molecule has 0 aromatic heterocycles. The molecule has 0 unspecified atom stereocenters. The third kappa shape index (κ3) is 3.22. The first-order valence-electron chi connectivity index (χ1n) is 10.6. The molecule has 3 saturated heterocycles. The number of nitro benzene ring substituents is 1. The van der Waals surface area contributed by atoms with E-state index in [0.717, 1.165) is 17.7 Å². The molecular weight excluding hydrogens is 450 g/mol. The molecule has 0 aliphatic carbocycles. The predicted octanol–water partition coefficient (Wildman–Crippen LogP) is 3.09. The first-order chi connectivity index (χ1) is 15.8. The molecule has 2 amide bonds. The van der Waals surface area contributed by atoms with Crippen LogP contribution in [0.1, 0.15) is 23.2 Å². The second-order valence-electron chi connectivity index (χ2n) is 8.44. The number of fused-ring (bicyclic) bond motifs is 3. The van der Waals surface area contributed by atoms with Gasteiger partial charge >= 0.3 is 0 Å². The summed E-state index contributed by atoms with van der Waals surface area (Å²) in [5.74, 6) is -2.54. The van der Waals surface area contributed by atoms with E-state index in [4.69, 9.17) is 16.3 Å². The summed E-state index contributed by atoms with van der Waals surface area (Å²) >= 11 is 5.96. The topological polar surface area (TPSA) is 110 Å². The van der Waals surface area contributed by atoms with Gasteiger partial charge in [0.25, 0.3) is 5.69 Å². The molecule has 0 spiro atoms. The second-order valence-corrected chi connectivity index (χ2v) is 8.88. The van der Waals surface area contributed by atoms with E-state index in [1.165, 1.54) is 25.3 Å². The number of carbonyl (C=O) groups is 3. The van der Waals surface area contributed by atoms with Crippen LogP contribution >= 0.6 is 11.6 Å². The molecule has 3 aliphatic heterocycles. The molecule has 3 fully saturated rings. The van der Waals surface area contributed by atoms with Crippen molar-refractivity contribution in [1.29, 1.82) is 0 Å². The molecule has 0 saturated carbocycles. The minimum Gasteiger partial charge on any atom is -0.494 e. The average Bonchev–Trinajstić information content (AvgIpc) is 3.45. The van der Waals surface area contributed by atoms with E-state index < -0.39 is 34.6 Å². The van der Waals surface area contributed by atoms with E-state index in [-0.39, 0.29) is 28.9 Å². The Morgan fingerprint density at radius 3 is 2.48 bits per heavy atom. The number of benzene rings is 2. The molecule has 2 aromatic carbocycles. The van der Waals surface area contributed by atoms with Crippen molar-refractivity contribution in [2.24, 2.45) is 11.8 Å². The van der Waals surface area contributed by atoms with E-state index >= 15 is 0 Å². The van der Waals surface area contributed by atoms with Gasteiger partial charge in [-0.2, -0.15) is 0 Å². The van der Waals surface area contributed by atoms with Gasteiger partial charge in [0, 0.05) is 22.7 Å². The van der Waals surface area contributed by atoms with Gasteiger partial charge in [0.2, 0.25) is 11.8 Å². The van der Waals surface area contributed by atoms with E-state index in [9.17, 15) is 24.5 Å². The fourth-order valence-electron chi connectivity index (χ4n) is 5.50. The number of nitrogens with zero attached hydrogens (tertiary/aromatic N) is 3. The van der Waals surface area contributed by atoms with Gasteiger partial charge in [-0.25, -0.2) is 4.90 Å². The number of nitro groups is 1. The van der Waals surface area contributed by atoms with E-state index in [0.29, 0.717) is 17.1 Å². The van der Waals surface area contributed by atoms with Gasteiger partial charge in [-0.15, -0.1) is 0 Å². The maximum atomic E-state index is 13.6. The molecule has 3 heterocycles. The molecule has 0 bridgehead atoms. The lowest BCUT2D eigenvalue weighted by Gasteiger charge is -2.28. The Hall–Kier alpha value is -3.30. The van der Waals surface area contributed by atoms with Crippen LogP contribution in [0, 0.1) is 22.0 Å². The number of anilines is 1. The summed E-state index contributed by atoms with van der Waals surface area (Å²) in [6.45, 7) is 0.642. The largest absolute Gasteiger partial charge is 0.494 e. The SMILES string of the molecule is COc1cc([N+](=O)[O-])ccc1N1C(=O)[C@@H]2[C@H](C1=O)[C@H](C(=O)c1ccc(Cl)cc1)N1CCC[C@@H]21. The van der Waals surface area contributed by atoms with Gasteiger partial charge in [-0.1, -0.05) is 11.6 Å². The normalized spacial score (nSPS) is 26.4. The quantitative estimate of drug-likeness (QED) is 0.286. The number of methoxy groups -OCH3 is 1. The molecule has 0 N–H and O–H groups in total. The predicted molar refractivity (Wildman–Crippen MR) is 118 cm³/mol. The molecular formula is C23H20ClN3O6. The standard InChI is InChI=1S/C23H20ClN3O6/c1-33-17-11-14(27(31)32)8-9-15(17)26-22(29)18-16-3-2-10-25(16)20(19(18)23(26)30)21(28)12-4-6-13(24)7-5-12/h4-9,11,16,18-20H,2-3,10H2,1H3/t16-,18-,19-,20+/m0/s1. The van der Waals surface area contributed by atoms with Crippen LogP contribution in [-0.2, 0) is 9.59 Å². The summed E-state index contributed by atoms with van der Waals surface area (Å²) in [6, 6.07) is 9.29. The number of non-ortho nitro benzene ring substituents is 1. The highest BCUT2D eigenvalue weighted by Gasteiger charge is 2.65. The molecule has 5 rings (SSSR count). The molecule has 10 heteroatoms. The lowest BCUT2D eigenvalue weighted by molar-refractivity contribution is -0.384. The van der Waals surface area contributed by atoms with Crippen molar-refractivity contribution >= 4 is 40.6 Å². The van der Waals surface area contributed by atoms with Gasteiger partial charge in [0.1, 0.15) is 5.75 Å². The van der Waals surface area contributed by atoms with Crippen molar-refractivity contribution in [1.82, 2.24) is 4.90 Å². The summed E-state index contributed by atoms with van der Waals surface area (Å²) in [7, 11) is 1.32. The molecule has 0 radical (unpaired) electrons.